The largest absolute Gasteiger partial charge is 2.00 e. The minimum Gasteiger partial charge on any atom is -1.00 e. The molecule has 0 aromatic carbocycles. The Morgan fingerprint density at radius 1 is 0.328 bits per heavy atom. The number of hydrogen-bond donors (Lipinski definition) is 2. The summed E-state index contributed by atoms with van der Waals surface area (Å²) in [6.45, 7) is 11.3. The minimum atomic E-state index is -0.653. The Morgan fingerprint density at radius 2 is 0.508 bits per heavy atom. The zero-order valence-corrected chi connectivity index (χ0v) is 45.1. The second-order valence-corrected chi connectivity index (χ2v) is 19.3. The fraction of sp³-hybridized carbons (Fsp3) is 0.982. The van der Waals surface area contributed by atoms with Crippen LogP contribution in [0.1, 0.15) is 332 Å². The van der Waals surface area contributed by atoms with Crippen molar-refractivity contribution in [1.29, 1.82) is 0 Å². The van der Waals surface area contributed by atoms with Gasteiger partial charge >= 0.3 is 43.7 Å². The smallest absolute Gasteiger partial charge is 1.00 e. The Labute approximate surface area is 419 Å². The number of nitrogens with zero attached hydrogens (tertiary/aromatic N) is 1. The first-order chi connectivity index (χ1) is 29.6. The van der Waals surface area contributed by atoms with Crippen LogP contribution in [0.3, 0.4) is 0 Å². The molecule has 0 aliphatic rings. The van der Waals surface area contributed by atoms with Crippen LogP contribution < -0.4 is 5.73 Å². The maximum Gasteiger partial charge on any atom is 2.00 e. The standard InChI is InChI=1S/C38H80N2.C18H36O2.Ca.2H/c1-3-5-7-9-11-13-15-17-19-21-23-25-27-29-31-33-36-40(38-35-39)37-34-32-30-28-26-24-22-20-18-16-14-12-10-8-6-4-2;1-2-3-4-5-6-7-8-9-10-11-12-13-14-15-16-17-18(19)20;;;/h3-39H2,1-2H3;2-17H2,1H3,(H,19,20);;;/q;;+2;2*-1. The van der Waals surface area contributed by atoms with Gasteiger partial charge in [0, 0.05) is 19.5 Å². The fourth-order valence-electron chi connectivity index (χ4n) is 8.93. The van der Waals surface area contributed by atoms with E-state index in [-0.39, 0.29) is 40.6 Å². The van der Waals surface area contributed by atoms with Crippen LogP contribution in [0.2, 0.25) is 0 Å². The molecule has 0 saturated heterocycles. The van der Waals surface area contributed by atoms with Gasteiger partial charge in [0.05, 0.1) is 0 Å². The molecule has 0 unspecified atom stereocenters. The number of aliphatic carboxylic acids is 1. The minimum absolute atomic E-state index is 0. The van der Waals surface area contributed by atoms with Gasteiger partial charge in [0.25, 0.3) is 0 Å². The summed E-state index contributed by atoms with van der Waals surface area (Å²) >= 11 is 0. The number of carbonyl (C=O) groups is 1. The van der Waals surface area contributed by atoms with Gasteiger partial charge in [-0.15, -0.1) is 0 Å². The van der Waals surface area contributed by atoms with Crippen molar-refractivity contribution in [3.8, 4) is 0 Å². The van der Waals surface area contributed by atoms with E-state index in [1.807, 2.05) is 0 Å². The Kier molecular flexibility index (Phi) is 67.8. The van der Waals surface area contributed by atoms with Gasteiger partial charge in [-0.05, 0) is 32.4 Å². The van der Waals surface area contributed by atoms with Crippen LogP contribution in [0.15, 0.2) is 0 Å². The van der Waals surface area contributed by atoms with Gasteiger partial charge in [-0.1, -0.05) is 303 Å². The first kappa shape index (κ1) is 65.9. The second kappa shape index (κ2) is 62.7. The first-order valence-corrected chi connectivity index (χ1v) is 28.3. The molecule has 0 bridgehead atoms. The van der Waals surface area contributed by atoms with Gasteiger partial charge in [-0.3, -0.25) is 4.79 Å². The number of nitrogens with two attached hydrogens (primary N) is 1. The van der Waals surface area contributed by atoms with E-state index in [1.54, 1.807) is 0 Å². The van der Waals surface area contributed by atoms with E-state index in [4.69, 9.17) is 10.8 Å². The van der Waals surface area contributed by atoms with Gasteiger partial charge in [0.2, 0.25) is 0 Å². The third kappa shape index (κ3) is 65.0. The van der Waals surface area contributed by atoms with E-state index in [0.29, 0.717) is 6.42 Å². The summed E-state index contributed by atoms with van der Waals surface area (Å²) in [4.78, 5) is 13.0. The summed E-state index contributed by atoms with van der Waals surface area (Å²) < 4.78 is 0. The van der Waals surface area contributed by atoms with Crippen LogP contribution in [0.4, 0.5) is 0 Å². The summed E-state index contributed by atoms with van der Waals surface area (Å²) in [5.41, 5.74) is 5.91. The molecule has 5 heteroatoms. The van der Waals surface area contributed by atoms with Crippen LogP contribution in [0, 0.1) is 0 Å². The molecule has 0 aliphatic carbocycles. The summed E-state index contributed by atoms with van der Waals surface area (Å²) in [5, 5.41) is 8.52. The molecule has 0 aromatic heterocycles. The van der Waals surface area contributed by atoms with Crippen LogP contribution in [-0.4, -0.2) is 79.9 Å². The second-order valence-electron chi connectivity index (χ2n) is 19.3. The maximum atomic E-state index is 10.3. The molecule has 0 saturated carbocycles. The molecule has 0 heterocycles. The van der Waals surface area contributed by atoms with Crippen molar-refractivity contribution in [2.45, 2.75) is 329 Å². The monoisotopic (exact) mass is 891 g/mol. The molecule has 4 nitrogen and oxygen atoms in total. The Balaban J connectivity index is -0.000000413. The third-order valence-corrected chi connectivity index (χ3v) is 13.1. The molecule has 0 aliphatic heterocycles. The number of carboxylic acids is 1. The SMILES string of the molecule is CCCCCCCCCCCCCCCCCC(=O)O.CCCCCCCCCCCCCCCCCCN(CCN)CCCCCCCCCCCCCCCCCC.[Ca+2].[H-].[H-]. The molecule has 0 atom stereocenters. The van der Waals surface area contributed by atoms with Gasteiger partial charge < -0.3 is 18.6 Å². The Bertz CT molecular complexity index is 729. The normalized spacial score (nSPS) is 11.2. The predicted molar refractivity (Wildman–Crippen MR) is 280 cm³/mol. The molecule has 0 amide bonds. The van der Waals surface area contributed by atoms with Crippen LogP contribution >= 0.6 is 0 Å². The third-order valence-electron chi connectivity index (χ3n) is 13.1. The average molecular weight is 892 g/mol. The Morgan fingerprint density at radius 3 is 0.689 bits per heavy atom. The molecule has 0 radical (unpaired) electrons. The van der Waals surface area contributed by atoms with Crippen molar-refractivity contribution in [3.05, 3.63) is 0 Å². The molecule has 61 heavy (non-hydrogen) atoms. The molecule has 3 N–H and O–H groups in total. The topological polar surface area (TPSA) is 66.6 Å². The molecule has 366 valence electrons. The van der Waals surface area contributed by atoms with Crippen molar-refractivity contribution >= 4 is 43.7 Å². The van der Waals surface area contributed by atoms with Gasteiger partial charge in [0.15, 0.2) is 0 Å². The van der Waals surface area contributed by atoms with Crippen LogP contribution in [-0.2, 0) is 4.79 Å². The summed E-state index contributed by atoms with van der Waals surface area (Å²) in [6, 6.07) is 0. The van der Waals surface area contributed by atoms with Crippen molar-refractivity contribution in [3.63, 3.8) is 0 Å². The van der Waals surface area contributed by atoms with Crippen molar-refractivity contribution in [2.24, 2.45) is 5.73 Å². The molecular formula is C56H118CaN2O2. The predicted octanol–water partition coefficient (Wildman–Crippen LogP) is 18.9. The number of carboxylic acid groups (broad SMARTS) is 1. The molecule has 0 fully saturated rings. The van der Waals surface area contributed by atoms with E-state index < -0.39 is 5.97 Å². The van der Waals surface area contributed by atoms with E-state index in [1.165, 1.54) is 302 Å². The Hall–Kier alpha value is 0.650. The quantitative estimate of drug-likeness (QED) is 0.0472. The number of rotatable bonds is 52. The van der Waals surface area contributed by atoms with Crippen molar-refractivity contribution < 1.29 is 12.8 Å². The zero-order chi connectivity index (χ0) is 43.9. The molecule has 0 spiro atoms. The molecule has 0 rings (SSSR count). The van der Waals surface area contributed by atoms with Crippen molar-refractivity contribution in [2.75, 3.05) is 26.2 Å². The van der Waals surface area contributed by atoms with Crippen molar-refractivity contribution in [1.82, 2.24) is 4.90 Å². The van der Waals surface area contributed by atoms with E-state index in [0.717, 1.165) is 25.9 Å². The summed E-state index contributed by atoms with van der Waals surface area (Å²) in [5.74, 6) is -0.653. The van der Waals surface area contributed by atoms with E-state index >= 15 is 0 Å². The summed E-state index contributed by atoms with van der Waals surface area (Å²) in [6.07, 6.45) is 66.6. The van der Waals surface area contributed by atoms with Crippen LogP contribution in [0.25, 0.3) is 0 Å². The van der Waals surface area contributed by atoms with Crippen LogP contribution in [0.5, 0.6) is 0 Å². The average Bonchev–Trinajstić information content (AvgIpc) is 3.24. The summed E-state index contributed by atoms with van der Waals surface area (Å²) in [7, 11) is 0. The molecule has 0 aromatic rings. The first-order valence-electron chi connectivity index (χ1n) is 28.3. The van der Waals surface area contributed by atoms with Gasteiger partial charge in [-0.25, -0.2) is 0 Å². The molecular weight excluding hydrogens is 773 g/mol. The van der Waals surface area contributed by atoms with Gasteiger partial charge in [-0.2, -0.15) is 0 Å². The fourth-order valence-corrected chi connectivity index (χ4v) is 8.93. The van der Waals surface area contributed by atoms with Gasteiger partial charge in [0.1, 0.15) is 0 Å². The van der Waals surface area contributed by atoms with E-state index in [9.17, 15) is 4.79 Å². The maximum absolute atomic E-state index is 10.3. The number of unbranched alkanes of at least 4 members (excludes halogenated alkanes) is 44. The van der Waals surface area contributed by atoms with E-state index in [2.05, 4.69) is 25.7 Å². The number of hydrogen-bond acceptors (Lipinski definition) is 3. The zero-order valence-electron chi connectivity index (χ0n) is 44.9.